The van der Waals surface area contributed by atoms with Crippen LogP contribution in [0.2, 0.25) is 0 Å². The Morgan fingerprint density at radius 3 is 2.50 bits per heavy atom. The predicted octanol–water partition coefficient (Wildman–Crippen LogP) is 2.56. The van der Waals surface area contributed by atoms with Crippen LogP contribution in [0.1, 0.15) is 15.9 Å². The van der Waals surface area contributed by atoms with E-state index in [2.05, 4.69) is 0 Å². The lowest BCUT2D eigenvalue weighted by molar-refractivity contribution is 0.101. The molecule has 0 bridgehead atoms. The molecule has 16 heavy (non-hydrogen) atoms. The van der Waals surface area contributed by atoms with Crippen LogP contribution in [0.15, 0.2) is 12.1 Å². The molecule has 88 valence electrons. The van der Waals surface area contributed by atoms with Crippen molar-refractivity contribution in [2.75, 3.05) is 26.2 Å². The molecule has 1 aromatic carbocycles. The number of ether oxygens (including phenoxy) is 2. The minimum atomic E-state index is 0.0875. The molecule has 0 aliphatic rings. The summed E-state index contributed by atoms with van der Waals surface area (Å²) < 4.78 is 10.4. The van der Waals surface area contributed by atoms with E-state index >= 15 is 0 Å². The van der Waals surface area contributed by atoms with Gasteiger partial charge in [0.25, 0.3) is 0 Å². The van der Waals surface area contributed by atoms with Crippen LogP contribution in [-0.2, 0) is 0 Å². The summed E-state index contributed by atoms with van der Waals surface area (Å²) in [5.74, 6) is 1.83. The van der Waals surface area contributed by atoms with Gasteiger partial charge in [-0.25, -0.2) is 0 Å². The third kappa shape index (κ3) is 2.70. The van der Waals surface area contributed by atoms with E-state index in [-0.39, 0.29) is 5.78 Å². The second-order valence-corrected chi connectivity index (χ2v) is 4.24. The van der Waals surface area contributed by atoms with Crippen molar-refractivity contribution in [1.29, 1.82) is 0 Å². The summed E-state index contributed by atoms with van der Waals surface area (Å²) in [6.45, 7) is 1.89. The molecule has 0 atom stereocenters. The van der Waals surface area contributed by atoms with Crippen molar-refractivity contribution < 1.29 is 14.3 Å². The number of aryl methyl sites for hydroxylation is 1. The lowest BCUT2D eigenvalue weighted by atomic mass is 10.0. The fourth-order valence-corrected chi connectivity index (χ4v) is 1.97. The SMILES string of the molecule is COc1cc(C)c(C(=O)CSC)c(OC)c1. The van der Waals surface area contributed by atoms with Crippen LogP contribution in [0.5, 0.6) is 11.5 Å². The second kappa shape index (κ2) is 5.80. The average Bonchev–Trinajstić information content (AvgIpc) is 2.27. The Bertz CT molecular complexity index is 388. The van der Waals surface area contributed by atoms with Gasteiger partial charge in [-0.3, -0.25) is 4.79 Å². The number of Topliss-reactive ketones (excluding diaryl/α,β-unsaturated/α-hetero) is 1. The Morgan fingerprint density at radius 1 is 1.31 bits per heavy atom. The Balaban J connectivity index is 3.21. The molecule has 0 amide bonds. The molecule has 0 fully saturated rings. The van der Waals surface area contributed by atoms with E-state index in [9.17, 15) is 4.79 Å². The van der Waals surface area contributed by atoms with E-state index in [0.717, 1.165) is 5.56 Å². The first-order valence-electron chi connectivity index (χ1n) is 4.88. The van der Waals surface area contributed by atoms with E-state index in [1.807, 2.05) is 19.2 Å². The summed E-state index contributed by atoms with van der Waals surface area (Å²) in [6.07, 6.45) is 1.91. The Hall–Kier alpha value is -1.16. The highest BCUT2D eigenvalue weighted by molar-refractivity contribution is 7.99. The van der Waals surface area contributed by atoms with E-state index in [0.29, 0.717) is 22.8 Å². The van der Waals surface area contributed by atoms with Gasteiger partial charge in [0, 0.05) is 6.07 Å². The van der Waals surface area contributed by atoms with Gasteiger partial charge in [0.1, 0.15) is 11.5 Å². The Kier molecular flexibility index (Phi) is 4.68. The topological polar surface area (TPSA) is 35.5 Å². The molecule has 0 unspecified atom stereocenters. The second-order valence-electron chi connectivity index (χ2n) is 3.38. The first-order chi connectivity index (χ1) is 7.63. The number of carbonyl (C=O) groups excluding carboxylic acids is 1. The minimum Gasteiger partial charge on any atom is -0.497 e. The number of thioether (sulfide) groups is 1. The number of hydrogen-bond acceptors (Lipinski definition) is 4. The molecule has 0 heterocycles. The third-order valence-corrected chi connectivity index (χ3v) is 2.83. The number of carbonyl (C=O) groups is 1. The first-order valence-corrected chi connectivity index (χ1v) is 6.28. The van der Waals surface area contributed by atoms with Crippen molar-refractivity contribution in [3.63, 3.8) is 0 Å². The van der Waals surface area contributed by atoms with E-state index in [1.165, 1.54) is 11.8 Å². The monoisotopic (exact) mass is 240 g/mol. The van der Waals surface area contributed by atoms with Gasteiger partial charge in [0.15, 0.2) is 5.78 Å². The highest BCUT2D eigenvalue weighted by Crippen LogP contribution is 2.29. The first kappa shape index (κ1) is 12.9. The highest BCUT2D eigenvalue weighted by atomic mass is 32.2. The van der Waals surface area contributed by atoms with Gasteiger partial charge in [0.2, 0.25) is 0 Å². The lowest BCUT2D eigenvalue weighted by Crippen LogP contribution is -2.07. The third-order valence-electron chi connectivity index (χ3n) is 2.28. The largest absolute Gasteiger partial charge is 0.497 e. The number of hydrogen-bond donors (Lipinski definition) is 0. The van der Waals surface area contributed by atoms with Crippen LogP contribution < -0.4 is 9.47 Å². The van der Waals surface area contributed by atoms with Crippen LogP contribution >= 0.6 is 11.8 Å². The summed E-state index contributed by atoms with van der Waals surface area (Å²) in [4.78, 5) is 11.9. The number of ketones is 1. The maximum atomic E-state index is 11.9. The molecule has 0 spiro atoms. The predicted molar refractivity (Wildman–Crippen MR) is 67.0 cm³/mol. The maximum absolute atomic E-state index is 11.9. The fraction of sp³-hybridized carbons (Fsp3) is 0.417. The van der Waals surface area contributed by atoms with Gasteiger partial charge in [-0.2, -0.15) is 11.8 Å². The number of methoxy groups -OCH3 is 2. The van der Waals surface area contributed by atoms with Crippen molar-refractivity contribution in [3.8, 4) is 11.5 Å². The molecule has 0 saturated carbocycles. The van der Waals surface area contributed by atoms with Gasteiger partial charge in [-0.05, 0) is 24.8 Å². The van der Waals surface area contributed by atoms with Gasteiger partial charge in [0.05, 0.1) is 25.5 Å². The van der Waals surface area contributed by atoms with Gasteiger partial charge in [-0.15, -0.1) is 0 Å². The Morgan fingerprint density at radius 2 is 2.00 bits per heavy atom. The minimum absolute atomic E-state index is 0.0875. The molecule has 3 nitrogen and oxygen atoms in total. The van der Waals surface area contributed by atoms with Crippen LogP contribution in [0.3, 0.4) is 0 Å². The zero-order chi connectivity index (χ0) is 12.1. The maximum Gasteiger partial charge on any atom is 0.176 e. The van der Waals surface area contributed by atoms with Gasteiger partial charge < -0.3 is 9.47 Å². The Labute approximate surface area is 100 Å². The van der Waals surface area contributed by atoms with Crippen molar-refractivity contribution in [2.24, 2.45) is 0 Å². The zero-order valence-electron chi connectivity index (χ0n) is 9.99. The summed E-state index contributed by atoms with van der Waals surface area (Å²) in [5, 5.41) is 0. The van der Waals surface area contributed by atoms with Gasteiger partial charge in [-0.1, -0.05) is 0 Å². The average molecular weight is 240 g/mol. The molecular weight excluding hydrogens is 224 g/mol. The summed E-state index contributed by atoms with van der Waals surface area (Å²) in [7, 11) is 3.15. The molecule has 0 saturated heterocycles. The van der Waals surface area contributed by atoms with E-state index < -0.39 is 0 Å². The molecule has 0 N–H and O–H groups in total. The fourth-order valence-electron chi connectivity index (χ4n) is 1.56. The number of rotatable bonds is 5. The molecular formula is C12H16O3S. The quantitative estimate of drug-likeness (QED) is 0.741. The molecule has 0 aliphatic heterocycles. The van der Waals surface area contributed by atoms with Crippen molar-refractivity contribution in [1.82, 2.24) is 0 Å². The molecule has 0 radical (unpaired) electrons. The highest BCUT2D eigenvalue weighted by Gasteiger charge is 2.16. The van der Waals surface area contributed by atoms with Crippen molar-refractivity contribution in [2.45, 2.75) is 6.92 Å². The standard InChI is InChI=1S/C12H16O3S/c1-8-5-9(14-2)6-11(15-3)12(8)10(13)7-16-4/h5-6H,7H2,1-4H3. The normalized spacial score (nSPS) is 10.0. The molecule has 4 heteroatoms. The zero-order valence-corrected chi connectivity index (χ0v) is 10.8. The molecule has 1 aromatic rings. The van der Waals surface area contributed by atoms with Crippen LogP contribution in [0.25, 0.3) is 0 Å². The van der Waals surface area contributed by atoms with Crippen LogP contribution in [0.4, 0.5) is 0 Å². The molecule has 1 rings (SSSR count). The smallest absolute Gasteiger partial charge is 0.176 e. The van der Waals surface area contributed by atoms with Crippen LogP contribution in [0, 0.1) is 6.92 Å². The number of benzene rings is 1. The van der Waals surface area contributed by atoms with E-state index in [1.54, 1.807) is 20.3 Å². The summed E-state index contributed by atoms with van der Waals surface area (Å²) >= 11 is 1.51. The van der Waals surface area contributed by atoms with E-state index in [4.69, 9.17) is 9.47 Å². The molecule has 0 aliphatic carbocycles. The molecule has 0 aromatic heterocycles. The van der Waals surface area contributed by atoms with Crippen LogP contribution in [-0.4, -0.2) is 32.0 Å². The van der Waals surface area contributed by atoms with Gasteiger partial charge >= 0.3 is 0 Å². The summed E-state index contributed by atoms with van der Waals surface area (Å²) in [6, 6.07) is 3.58. The van der Waals surface area contributed by atoms with Crippen molar-refractivity contribution in [3.05, 3.63) is 23.3 Å². The van der Waals surface area contributed by atoms with Crippen molar-refractivity contribution >= 4 is 17.5 Å². The summed E-state index contributed by atoms with van der Waals surface area (Å²) in [5.41, 5.74) is 1.54. The lowest BCUT2D eigenvalue weighted by Gasteiger charge is -2.12.